The van der Waals surface area contributed by atoms with Gasteiger partial charge in [-0.25, -0.2) is 0 Å². The molecule has 2 aromatic rings. The van der Waals surface area contributed by atoms with Crippen molar-refractivity contribution in [2.75, 3.05) is 26.3 Å². The molecule has 2 fully saturated rings. The third kappa shape index (κ3) is 10.7. The fraction of sp³-hybridized carbons (Fsp3) is 0.594. The van der Waals surface area contributed by atoms with Gasteiger partial charge < -0.3 is 29.7 Å². The van der Waals surface area contributed by atoms with E-state index in [0.717, 1.165) is 48.4 Å². The maximum Gasteiger partial charge on any atom is 0.219 e. The molecule has 0 spiro atoms. The number of hydrogen-bond donors (Lipinski definition) is 3. The fourth-order valence-electron chi connectivity index (χ4n) is 4.61. The molecule has 7 nitrogen and oxygen atoms in total. The normalized spacial score (nSPS) is 20.6. The smallest absolute Gasteiger partial charge is 0.219 e. The predicted octanol–water partition coefficient (Wildman–Crippen LogP) is 5.55. The van der Waals surface area contributed by atoms with Crippen LogP contribution < -0.4 is 4.74 Å². The topological polar surface area (TPSA) is 99.5 Å². The van der Waals surface area contributed by atoms with E-state index >= 15 is 0 Å². The molecule has 0 saturated carbocycles. The number of carbonyl (C=O) groups excluding carboxylic acids is 1. The Kier molecular flexibility index (Phi) is 15.0. The van der Waals surface area contributed by atoms with Gasteiger partial charge in [-0.05, 0) is 54.2 Å². The molecule has 1 amide bonds. The van der Waals surface area contributed by atoms with E-state index in [4.69, 9.17) is 26.2 Å². The van der Waals surface area contributed by atoms with Crippen molar-refractivity contribution >= 4 is 17.5 Å². The maximum atomic E-state index is 11.3. The number of nitrogens with zero attached hydrogens (tertiary/aromatic N) is 1. The first-order chi connectivity index (χ1) is 19.2. The highest BCUT2D eigenvalue weighted by Gasteiger charge is 2.30. The van der Waals surface area contributed by atoms with Crippen LogP contribution in [0.2, 0.25) is 5.02 Å². The second-order valence-corrected chi connectivity index (χ2v) is 10.7. The average Bonchev–Trinajstić information content (AvgIpc) is 2.94. The molecule has 0 bridgehead atoms. The summed E-state index contributed by atoms with van der Waals surface area (Å²) in [4.78, 5) is 13.1. The van der Waals surface area contributed by atoms with Gasteiger partial charge in [0, 0.05) is 43.8 Å². The quantitative estimate of drug-likeness (QED) is 0.361. The molecule has 8 heteroatoms. The molecule has 3 unspecified atom stereocenters. The van der Waals surface area contributed by atoms with E-state index in [0.29, 0.717) is 36.8 Å². The van der Waals surface area contributed by atoms with Crippen LogP contribution in [-0.2, 0) is 16.0 Å². The highest BCUT2D eigenvalue weighted by molar-refractivity contribution is 6.31. The van der Waals surface area contributed by atoms with Crippen LogP contribution in [0.1, 0.15) is 83.1 Å². The van der Waals surface area contributed by atoms with Gasteiger partial charge in [0.15, 0.2) is 0 Å². The van der Waals surface area contributed by atoms with Crippen LogP contribution in [0.3, 0.4) is 0 Å². The van der Waals surface area contributed by atoms with Crippen LogP contribution in [0.25, 0.3) is 0 Å². The molecule has 2 heterocycles. The van der Waals surface area contributed by atoms with E-state index in [1.165, 1.54) is 0 Å². The van der Waals surface area contributed by atoms with Gasteiger partial charge in [-0.1, -0.05) is 63.6 Å². The summed E-state index contributed by atoms with van der Waals surface area (Å²) in [7, 11) is 0. The Hall–Kier alpha value is -2.16. The van der Waals surface area contributed by atoms with Crippen molar-refractivity contribution in [3.8, 4) is 5.75 Å². The lowest BCUT2D eigenvalue weighted by atomic mass is 9.94. The molecule has 0 aromatic heterocycles. The number of ether oxygens (including phenoxy) is 2. The number of halogens is 1. The largest absolute Gasteiger partial charge is 0.493 e. The molecule has 3 atom stereocenters. The summed E-state index contributed by atoms with van der Waals surface area (Å²) in [5, 5.41) is 28.9. The van der Waals surface area contributed by atoms with Crippen LogP contribution >= 0.6 is 11.6 Å². The van der Waals surface area contributed by atoms with Gasteiger partial charge in [-0.3, -0.25) is 4.79 Å². The molecule has 2 aliphatic heterocycles. The van der Waals surface area contributed by atoms with Crippen molar-refractivity contribution < 1.29 is 29.6 Å². The zero-order chi connectivity index (χ0) is 29.7. The number of likely N-dealkylation sites (tertiary alicyclic amines) is 1. The summed E-state index contributed by atoms with van der Waals surface area (Å²) >= 11 is 6.46. The number of hydrogen-bond acceptors (Lipinski definition) is 6. The second kappa shape index (κ2) is 17.6. The van der Waals surface area contributed by atoms with Crippen molar-refractivity contribution in [3.63, 3.8) is 0 Å². The van der Waals surface area contributed by atoms with E-state index < -0.39 is 6.10 Å². The zero-order valence-electron chi connectivity index (χ0n) is 24.7. The average molecular weight is 578 g/mol. The number of benzene rings is 2. The molecular formula is C32H48ClNO6. The monoisotopic (exact) mass is 577 g/mol. The lowest BCUT2D eigenvalue weighted by Crippen LogP contribution is -2.51. The second-order valence-electron chi connectivity index (χ2n) is 10.3. The molecule has 0 radical (unpaired) electrons. The number of amides is 1. The van der Waals surface area contributed by atoms with Gasteiger partial charge in [0.1, 0.15) is 5.75 Å². The number of rotatable bonds is 9. The highest BCUT2D eigenvalue weighted by Crippen LogP contribution is 2.34. The Bertz CT molecular complexity index is 1010. The zero-order valence-corrected chi connectivity index (χ0v) is 25.4. The molecule has 0 aliphatic carbocycles. The third-order valence-corrected chi connectivity index (χ3v) is 7.54. The van der Waals surface area contributed by atoms with E-state index in [2.05, 4.69) is 0 Å². The summed E-state index contributed by atoms with van der Waals surface area (Å²) in [5.41, 5.74) is 3.06. The predicted molar refractivity (Wildman–Crippen MR) is 160 cm³/mol. The molecule has 224 valence electrons. The Morgan fingerprint density at radius 2 is 1.75 bits per heavy atom. The summed E-state index contributed by atoms with van der Waals surface area (Å²) in [6.45, 7) is 11.6. The fourth-order valence-corrected chi connectivity index (χ4v) is 4.80. The first-order valence-corrected chi connectivity index (χ1v) is 15.0. The number of aliphatic hydroxyl groups excluding tert-OH is 3. The highest BCUT2D eigenvalue weighted by atomic mass is 35.5. The Labute approximate surface area is 245 Å². The van der Waals surface area contributed by atoms with Crippen LogP contribution in [-0.4, -0.2) is 70.7 Å². The number of carbonyl (C=O) groups is 1. The minimum atomic E-state index is -0.483. The molecule has 40 heavy (non-hydrogen) atoms. The van der Waals surface area contributed by atoms with Crippen molar-refractivity contribution in [3.05, 3.63) is 64.2 Å². The maximum absolute atomic E-state index is 11.3. The van der Waals surface area contributed by atoms with Crippen molar-refractivity contribution in [2.45, 2.75) is 91.1 Å². The van der Waals surface area contributed by atoms with Gasteiger partial charge in [0.2, 0.25) is 5.91 Å². The Balaban J connectivity index is 0.000000622. The Morgan fingerprint density at radius 1 is 1.10 bits per heavy atom. The van der Waals surface area contributed by atoms with E-state index in [1.54, 1.807) is 6.92 Å². The molecule has 2 aromatic carbocycles. The third-order valence-electron chi connectivity index (χ3n) is 7.17. The van der Waals surface area contributed by atoms with Gasteiger partial charge >= 0.3 is 0 Å². The van der Waals surface area contributed by atoms with E-state index in [1.807, 2.05) is 75.1 Å². The standard InChI is InChI=1S/C25H30ClNO5.C5H12O.C2H6/c1-16(29)27-12-18(13-27)15-31-22-5-2-17(3-6-22)8-20-9-19(4-7-24(20)26)25-11-21(30)10-23(14-28)32-25;1-3-5(6)4-2;1-2/h2-7,9,18,21,23,25,28,30H,8,10-15H2,1H3;5-6H,3-4H2,1-2H3;1-2H3. The summed E-state index contributed by atoms with van der Waals surface area (Å²) in [5.74, 6) is 1.33. The van der Waals surface area contributed by atoms with Crippen LogP contribution in [0.15, 0.2) is 42.5 Å². The van der Waals surface area contributed by atoms with Crippen molar-refractivity contribution in [1.82, 2.24) is 4.90 Å². The summed E-state index contributed by atoms with van der Waals surface area (Å²) in [6.07, 6.45) is 2.25. The minimum Gasteiger partial charge on any atom is -0.493 e. The van der Waals surface area contributed by atoms with E-state index in [9.17, 15) is 15.0 Å². The van der Waals surface area contributed by atoms with Gasteiger partial charge in [0.25, 0.3) is 0 Å². The van der Waals surface area contributed by atoms with Crippen molar-refractivity contribution in [1.29, 1.82) is 0 Å². The van der Waals surface area contributed by atoms with Crippen LogP contribution in [0.5, 0.6) is 5.75 Å². The van der Waals surface area contributed by atoms with E-state index in [-0.39, 0.29) is 30.8 Å². The van der Waals surface area contributed by atoms with Crippen molar-refractivity contribution in [2.24, 2.45) is 5.92 Å². The van der Waals surface area contributed by atoms with Crippen LogP contribution in [0, 0.1) is 5.92 Å². The van der Waals surface area contributed by atoms with Gasteiger partial charge in [-0.15, -0.1) is 0 Å². The number of aliphatic hydroxyl groups is 3. The molecular weight excluding hydrogens is 530 g/mol. The molecule has 4 rings (SSSR count). The SMILES string of the molecule is CC.CC(=O)N1CC(COc2ccc(Cc3cc(C4CC(O)CC(CO)O4)ccc3Cl)cc2)C1.CCC(O)CC. The molecule has 2 saturated heterocycles. The first-order valence-electron chi connectivity index (χ1n) is 14.6. The molecule has 2 aliphatic rings. The van der Waals surface area contributed by atoms with Gasteiger partial charge in [-0.2, -0.15) is 0 Å². The lowest BCUT2D eigenvalue weighted by molar-refractivity contribution is -0.135. The first kappa shape index (κ1) is 34.0. The lowest BCUT2D eigenvalue weighted by Gasteiger charge is -2.38. The summed E-state index contributed by atoms with van der Waals surface area (Å²) in [6, 6.07) is 13.8. The minimum absolute atomic E-state index is 0.0648. The molecule has 3 N–H and O–H groups in total. The Morgan fingerprint density at radius 3 is 2.30 bits per heavy atom. The van der Waals surface area contributed by atoms with Crippen LogP contribution in [0.4, 0.5) is 0 Å². The van der Waals surface area contributed by atoms with Gasteiger partial charge in [0.05, 0.1) is 37.6 Å². The summed E-state index contributed by atoms with van der Waals surface area (Å²) < 4.78 is 11.8.